The molecular weight excluding hydrogens is 268 g/mol. The highest BCUT2D eigenvalue weighted by Crippen LogP contribution is 2.26. The second-order valence-corrected chi connectivity index (χ2v) is 5.38. The lowest BCUT2D eigenvalue weighted by Gasteiger charge is -2.32. The van der Waals surface area contributed by atoms with Gasteiger partial charge in [-0.2, -0.15) is 0 Å². The predicted molar refractivity (Wildman–Crippen MR) is 68.5 cm³/mol. The highest BCUT2D eigenvalue weighted by atomic mass is 79.9. The highest BCUT2D eigenvalue weighted by Gasteiger charge is 2.19. The van der Waals surface area contributed by atoms with E-state index < -0.39 is 0 Å². The molecule has 0 saturated carbocycles. The molecule has 1 aliphatic heterocycles. The molecule has 0 aromatic carbocycles. The lowest BCUT2D eigenvalue weighted by molar-refractivity contribution is 0.281. The van der Waals surface area contributed by atoms with Crippen LogP contribution in [0.4, 0.5) is 5.82 Å². The maximum absolute atomic E-state index is 9.34. The molecule has 4 heteroatoms. The zero-order chi connectivity index (χ0) is 11.5. The Bertz CT molecular complexity index is 362. The van der Waals surface area contributed by atoms with E-state index >= 15 is 0 Å². The van der Waals surface area contributed by atoms with Gasteiger partial charge in [-0.05, 0) is 40.8 Å². The van der Waals surface area contributed by atoms with Gasteiger partial charge in [0.15, 0.2) is 0 Å². The van der Waals surface area contributed by atoms with Gasteiger partial charge in [0.2, 0.25) is 0 Å². The first-order valence-electron chi connectivity index (χ1n) is 5.71. The van der Waals surface area contributed by atoms with Gasteiger partial charge in [0.05, 0.1) is 6.61 Å². The first-order chi connectivity index (χ1) is 7.70. The minimum Gasteiger partial charge on any atom is -0.392 e. The first-order valence-corrected chi connectivity index (χ1v) is 6.50. The highest BCUT2D eigenvalue weighted by molar-refractivity contribution is 9.10. The fourth-order valence-corrected chi connectivity index (χ4v) is 2.47. The van der Waals surface area contributed by atoms with Crippen LogP contribution in [0.5, 0.6) is 0 Å². The standard InChI is InChI=1S/C12H17BrN2O/c1-9-2-4-15(5-3-9)12-10(8-16)6-11(13)7-14-12/h6-7,9,16H,2-5,8H2,1H3. The number of piperidine rings is 1. The molecule has 16 heavy (non-hydrogen) atoms. The van der Waals surface area contributed by atoms with E-state index in [2.05, 4.69) is 32.7 Å². The zero-order valence-electron chi connectivity index (χ0n) is 9.49. The second kappa shape index (κ2) is 5.15. The SMILES string of the molecule is CC1CCN(c2ncc(Br)cc2CO)CC1. The number of nitrogens with zero attached hydrogens (tertiary/aromatic N) is 2. The Morgan fingerprint density at radius 1 is 1.50 bits per heavy atom. The van der Waals surface area contributed by atoms with Gasteiger partial charge in [-0.25, -0.2) is 4.98 Å². The lowest BCUT2D eigenvalue weighted by atomic mass is 9.99. The molecule has 0 bridgehead atoms. The van der Waals surface area contributed by atoms with Crippen LogP contribution in [-0.4, -0.2) is 23.2 Å². The van der Waals surface area contributed by atoms with Gasteiger partial charge in [-0.1, -0.05) is 6.92 Å². The Hall–Kier alpha value is -0.610. The summed E-state index contributed by atoms with van der Waals surface area (Å²) in [6.07, 6.45) is 4.22. The Morgan fingerprint density at radius 2 is 2.19 bits per heavy atom. The van der Waals surface area contributed by atoms with Gasteiger partial charge in [0.1, 0.15) is 5.82 Å². The van der Waals surface area contributed by atoms with E-state index in [9.17, 15) is 5.11 Å². The number of halogens is 1. The molecule has 0 aliphatic carbocycles. The van der Waals surface area contributed by atoms with Crippen molar-refractivity contribution in [2.24, 2.45) is 5.92 Å². The van der Waals surface area contributed by atoms with Crippen molar-refractivity contribution in [3.8, 4) is 0 Å². The third-order valence-electron chi connectivity index (χ3n) is 3.16. The van der Waals surface area contributed by atoms with E-state index in [0.29, 0.717) is 0 Å². The van der Waals surface area contributed by atoms with Gasteiger partial charge in [-0.3, -0.25) is 0 Å². The fourth-order valence-electron chi connectivity index (χ4n) is 2.10. The number of hydrogen-bond acceptors (Lipinski definition) is 3. The molecule has 0 atom stereocenters. The zero-order valence-corrected chi connectivity index (χ0v) is 11.1. The van der Waals surface area contributed by atoms with Crippen molar-refractivity contribution in [2.75, 3.05) is 18.0 Å². The molecule has 0 unspecified atom stereocenters. The average molecular weight is 285 g/mol. The van der Waals surface area contributed by atoms with Gasteiger partial charge in [-0.15, -0.1) is 0 Å². The van der Waals surface area contributed by atoms with E-state index in [-0.39, 0.29) is 6.61 Å². The number of anilines is 1. The maximum Gasteiger partial charge on any atom is 0.134 e. The second-order valence-electron chi connectivity index (χ2n) is 4.46. The van der Waals surface area contributed by atoms with Crippen LogP contribution in [0.25, 0.3) is 0 Å². The minimum absolute atomic E-state index is 0.0494. The number of rotatable bonds is 2. The van der Waals surface area contributed by atoms with Gasteiger partial charge < -0.3 is 10.0 Å². The lowest BCUT2D eigenvalue weighted by Crippen LogP contribution is -2.34. The van der Waals surface area contributed by atoms with Crippen molar-refractivity contribution in [3.05, 3.63) is 22.3 Å². The Labute approximate surface area is 105 Å². The first kappa shape index (κ1) is 11.9. The smallest absolute Gasteiger partial charge is 0.134 e. The maximum atomic E-state index is 9.34. The minimum atomic E-state index is 0.0494. The third kappa shape index (κ3) is 2.55. The molecule has 1 aliphatic rings. The molecule has 2 heterocycles. The molecule has 1 aromatic heterocycles. The molecule has 1 saturated heterocycles. The topological polar surface area (TPSA) is 36.4 Å². The number of aliphatic hydroxyl groups excluding tert-OH is 1. The molecule has 0 spiro atoms. The normalized spacial score (nSPS) is 17.8. The molecule has 3 nitrogen and oxygen atoms in total. The van der Waals surface area contributed by atoms with Crippen molar-refractivity contribution in [3.63, 3.8) is 0 Å². The van der Waals surface area contributed by atoms with Crippen LogP contribution < -0.4 is 4.90 Å². The molecular formula is C12H17BrN2O. The molecule has 1 fully saturated rings. The summed E-state index contributed by atoms with van der Waals surface area (Å²) in [6, 6.07) is 1.94. The van der Waals surface area contributed by atoms with E-state index in [1.165, 1.54) is 12.8 Å². The van der Waals surface area contributed by atoms with Crippen molar-refractivity contribution < 1.29 is 5.11 Å². The van der Waals surface area contributed by atoms with Crippen molar-refractivity contribution >= 4 is 21.7 Å². The van der Waals surface area contributed by atoms with Crippen molar-refractivity contribution in [1.29, 1.82) is 0 Å². The number of aromatic nitrogens is 1. The van der Waals surface area contributed by atoms with Crippen LogP contribution in [-0.2, 0) is 6.61 Å². The Kier molecular flexibility index (Phi) is 3.82. The predicted octanol–water partition coefficient (Wildman–Crippen LogP) is 2.57. The Balaban J connectivity index is 2.19. The summed E-state index contributed by atoms with van der Waals surface area (Å²) in [5.41, 5.74) is 0.906. The molecule has 0 amide bonds. The molecule has 2 rings (SSSR count). The van der Waals surface area contributed by atoms with Crippen LogP contribution in [0.15, 0.2) is 16.7 Å². The summed E-state index contributed by atoms with van der Waals surface area (Å²) < 4.78 is 0.922. The summed E-state index contributed by atoms with van der Waals surface area (Å²) in [4.78, 5) is 6.69. The third-order valence-corrected chi connectivity index (χ3v) is 3.60. The number of hydrogen-bond donors (Lipinski definition) is 1. The summed E-state index contributed by atoms with van der Waals surface area (Å²) >= 11 is 3.38. The van der Waals surface area contributed by atoms with E-state index in [4.69, 9.17) is 0 Å². The average Bonchev–Trinajstić information content (AvgIpc) is 2.30. The van der Waals surface area contributed by atoms with E-state index in [0.717, 1.165) is 34.9 Å². The Morgan fingerprint density at radius 3 is 2.81 bits per heavy atom. The van der Waals surface area contributed by atoms with Crippen LogP contribution in [0, 0.1) is 5.92 Å². The van der Waals surface area contributed by atoms with E-state index in [1.54, 1.807) is 6.20 Å². The molecule has 88 valence electrons. The number of aliphatic hydroxyl groups is 1. The van der Waals surface area contributed by atoms with Crippen molar-refractivity contribution in [2.45, 2.75) is 26.4 Å². The van der Waals surface area contributed by atoms with Crippen molar-refractivity contribution in [1.82, 2.24) is 4.98 Å². The van der Waals surface area contributed by atoms with Crippen LogP contribution in [0.1, 0.15) is 25.3 Å². The summed E-state index contributed by atoms with van der Waals surface area (Å²) in [5.74, 6) is 1.75. The van der Waals surface area contributed by atoms with E-state index in [1.807, 2.05) is 6.07 Å². The summed E-state index contributed by atoms with van der Waals surface area (Å²) in [6.45, 7) is 4.43. The van der Waals surface area contributed by atoms with Gasteiger partial charge in [0.25, 0.3) is 0 Å². The van der Waals surface area contributed by atoms with Crippen LogP contribution in [0.2, 0.25) is 0 Å². The van der Waals surface area contributed by atoms with Crippen LogP contribution >= 0.6 is 15.9 Å². The monoisotopic (exact) mass is 284 g/mol. The van der Waals surface area contributed by atoms with Gasteiger partial charge in [0, 0.05) is 29.3 Å². The quantitative estimate of drug-likeness (QED) is 0.907. The molecule has 1 N–H and O–H groups in total. The summed E-state index contributed by atoms with van der Waals surface area (Å²) in [5, 5.41) is 9.34. The number of pyridine rings is 1. The molecule has 1 aromatic rings. The van der Waals surface area contributed by atoms with Crippen LogP contribution in [0.3, 0.4) is 0 Å². The fraction of sp³-hybridized carbons (Fsp3) is 0.583. The molecule has 0 radical (unpaired) electrons. The summed E-state index contributed by atoms with van der Waals surface area (Å²) in [7, 11) is 0. The van der Waals surface area contributed by atoms with Gasteiger partial charge >= 0.3 is 0 Å². The largest absolute Gasteiger partial charge is 0.392 e.